The molecule has 0 N–H and O–H groups in total. The third-order valence-corrected chi connectivity index (χ3v) is 3.48. The van der Waals surface area contributed by atoms with Crippen molar-refractivity contribution in [2.24, 2.45) is 0 Å². The third-order valence-electron chi connectivity index (χ3n) is 1.89. The lowest BCUT2D eigenvalue weighted by atomic mass is 10.3. The molecule has 0 fully saturated rings. The summed E-state index contributed by atoms with van der Waals surface area (Å²) in [7, 11) is 0. The summed E-state index contributed by atoms with van der Waals surface area (Å²) < 4.78 is 5.97. The SMILES string of the molecule is CCOC(=O)CC(C)Sc1cccc(Br)c1. The zero-order chi connectivity index (χ0) is 12.0. The molecular weight excluding hydrogens is 288 g/mol. The van der Waals surface area contributed by atoms with Crippen LogP contribution in [0.5, 0.6) is 0 Å². The molecule has 0 heterocycles. The number of thioether (sulfide) groups is 1. The van der Waals surface area contributed by atoms with Gasteiger partial charge in [-0.25, -0.2) is 0 Å². The van der Waals surface area contributed by atoms with Crippen LogP contribution < -0.4 is 0 Å². The number of rotatable bonds is 5. The van der Waals surface area contributed by atoms with Crippen molar-refractivity contribution >= 4 is 33.7 Å². The van der Waals surface area contributed by atoms with Gasteiger partial charge in [-0.1, -0.05) is 28.9 Å². The summed E-state index contributed by atoms with van der Waals surface area (Å²) in [5.41, 5.74) is 0. The monoisotopic (exact) mass is 302 g/mol. The number of carbonyl (C=O) groups excluding carboxylic acids is 1. The molecule has 0 bridgehead atoms. The zero-order valence-electron chi connectivity index (χ0n) is 9.40. The van der Waals surface area contributed by atoms with E-state index in [4.69, 9.17) is 4.74 Å². The summed E-state index contributed by atoms with van der Waals surface area (Å²) >= 11 is 5.10. The Bertz CT molecular complexity index is 355. The fraction of sp³-hybridized carbons (Fsp3) is 0.417. The first-order valence-electron chi connectivity index (χ1n) is 5.19. The van der Waals surface area contributed by atoms with E-state index >= 15 is 0 Å². The first-order valence-corrected chi connectivity index (χ1v) is 6.87. The molecule has 0 saturated heterocycles. The van der Waals surface area contributed by atoms with Crippen LogP contribution in [0, 0.1) is 0 Å². The predicted octanol–water partition coefficient (Wildman–Crippen LogP) is 3.88. The van der Waals surface area contributed by atoms with Crippen molar-refractivity contribution in [2.45, 2.75) is 30.4 Å². The summed E-state index contributed by atoms with van der Waals surface area (Å²) in [5, 5.41) is 0.230. The van der Waals surface area contributed by atoms with Crippen molar-refractivity contribution in [3.63, 3.8) is 0 Å². The molecule has 4 heteroatoms. The summed E-state index contributed by atoms with van der Waals surface area (Å²) in [6.07, 6.45) is 0.449. The van der Waals surface area contributed by atoms with Crippen molar-refractivity contribution in [3.8, 4) is 0 Å². The normalized spacial score (nSPS) is 12.2. The van der Waals surface area contributed by atoms with E-state index in [9.17, 15) is 4.79 Å². The van der Waals surface area contributed by atoms with Gasteiger partial charge in [0.1, 0.15) is 0 Å². The highest BCUT2D eigenvalue weighted by Crippen LogP contribution is 2.27. The molecule has 88 valence electrons. The van der Waals surface area contributed by atoms with Gasteiger partial charge in [0.2, 0.25) is 0 Å². The molecule has 1 rings (SSSR count). The van der Waals surface area contributed by atoms with Gasteiger partial charge in [-0.05, 0) is 25.1 Å². The molecule has 0 aliphatic carbocycles. The van der Waals surface area contributed by atoms with Crippen molar-refractivity contribution in [1.29, 1.82) is 0 Å². The molecule has 1 atom stereocenters. The standard InChI is InChI=1S/C12H15BrO2S/c1-3-15-12(14)7-9(2)16-11-6-4-5-10(13)8-11/h4-6,8-9H,3,7H2,1-2H3. The molecule has 16 heavy (non-hydrogen) atoms. The topological polar surface area (TPSA) is 26.3 Å². The van der Waals surface area contributed by atoms with E-state index in [-0.39, 0.29) is 11.2 Å². The molecule has 0 amide bonds. The van der Waals surface area contributed by atoms with E-state index in [0.717, 1.165) is 9.37 Å². The van der Waals surface area contributed by atoms with Gasteiger partial charge in [-0.2, -0.15) is 0 Å². The molecule has 2 nitrogen and oxygen atoms in total. The Balaban J connectivity index is 2.45. The molecule has 0 spiro atoms. The lowest BCUT2D eigenvalue weighted by Crippen LogP contribution is -2.10. The Morgan fingerprint density at radius 3 is 2.94 bits per heavy atom. The highest BCUT2D eigenvalue weighted by atomic mass is 79.9. The molecule has 1 unspecified atom stereocenters. The number of hydrogen-bond acceptors (Lipinski definition) is 3. The first-order chi connectivity index (χ1) is 7.61. The Hall–Kier alpha value is -0.480. The molecule has 1 aromatic rings. The molecular formula is C12H15BrO2S. The fourth-order valence-electron chi connectivity index (χ4n) is 1.27. The van der Waals surface area contributed by atoms with Crippen LogP contribution in [0.1, 0.15) is 20.3 Å². The number of benzene rings is 1. The lowest BCUT2D eigenvalue weighted by molar-refractivity contribution is -0.142. The molecule has 0 aromatic heterocycles. The highest BCUT2D eigenvalue weighted by Gasteiger charge is 2.11. The number of ether oxygens (including phenoxy) is 1. The van der Waals surface area contributed by atoms with E-state index in [0.29, 0.717) is 13.0 Å². The molecule has 0 aliphatic rings. The van der Waals surface area contributed by atoms with Gasteiger partial charge in [0, 0.05) is 14.6 Å². The summed E-state index contributed by atoms with van der Waals surface area (Å²) in [4.78, 5) is 12.4. The van der Waals surface area contributed by atoms with E-state index < -0.39 is 0 Å². The second-order valence-corrected chi connectivity index (χ2v) is 5.82. The summed E-state index contributed by atoms with van der Waals surface area (Å²) in [6.45, 7) is 4.31. The maximum atomic E-state index is 11.3. The van der Waals surface area contributed by atoms with Gasteiger partial charge < -0.3 is 4.74 Å². The maximum Gasteiger partial charge on any atom is 0.306 e. The van der Waals surface area contributed by atoms with Crippen LogP contribution >= 0.6 is 27.7 Å². The van der Waals surface area contributed by atoms with Crippen LogP contribution in [0.3, 0.4) is 0 Å². The van der Waals surface area contributed by atoms with Crippen molar-refractivity contribution < 1.29 is 9.53 Å². The van der Waals surface area contributed by atoms with E-state index in [1.54, 1.807) is 11.8 Å². The molecule has 0 saturated carbocycles. The second-order valence-electron chi connectivity index (χ2n) is 3.39. The highest BCUT2D eigenvalue weighted by molar-refractivity contribution is 9.10. The van der Waals surface area contributed by atoms with Gasteiger partial charge in [0.05, 0.1) is 13.0 Å². The molecule has 1 aromatic carbocycles. The summed E-state index contributed by atoms with van der Waals surface area (Å²) in [5.74, 6) is -0.127. The van der Waals surface area contributed by atoms with Crippen LogP contribution in [-0.2, 0) is 9.53 Å². The largest absolute Gasteiger partial charge is 0.466 e. The number of hydrogen-bond donors (Lipinski definition) is 0. The minimum Gasteiger partial charge on any atom is -0.466 e. The minimum atomic E-state index is -0.127. The Kier molecular flexibility index (Phi) is 5.91. The molecule has 0 aliphatic heterocycles. The van der Waals surface area contributed by atoms with Gasteiger partial charge in [-0.3, -0.25) is 4.79 Å². The smallest absolute Gasteiger partial charge is 0.306 e. The van der Waals surface area contributed by atoms with Gasteiger partial charge in [0.15, 0.2) is 0 Å². The average Bonchev–Trinajstić information content (AvgIpc) is 2.17. The van der Waals surface area contributed by atoms with Gasteiger partial charge >= 0.3 is 5.97 Å². The quantitative estimate of drug-likeness (QED) is 0.610. The van der Waals surface area contributed by atoms with Crippen molar-refractivity contribution in [2.75, 3.05) is 6.61 Å². The zero-order valence-corrected chi connectivity index (χ0v) is 11.8. The minimum absolute atomic E-state index is 0.127. The van der Waals surface area contributed by atoms with Gasteiger partial charge in [0.25, 0.3) is 0 Å². The average molecular weight is 303 g/mol. The fourth-order valence-corrected chi connectivity index (χ4v) is 2.86. The van der Waals surface area contributed by atoms with Crippen LogP contribution in [-0.4, -0.2) is 17.8 Å². The molecule has 0 radical (unpaired) electrons. The third kappa shape index (κ3) is 5.03. The van der Waals surface area contributed by atoms with Crippen LogP contribution in [0.4, 0.5) is 0 Å². The lowest BCUT2D eigenvalue weighted by Gasteiger charge is -2.10. The maximum absolute atomic E-state index is 11.3. The number of carbonyl (C=O) groups is 1. The van der Waals surface area contributed by atoms with E-state index in [1.807, 2.05) is 38.1 Å². The van der Waals surface area contributed by atoms with Gasteiger partial charge in [-0.15, -0.1) is 11.8 Å². The van der Waals surface area contributed by atoms with Crippen LogP contribution in [0.25, 0.3) is 0 Å². The van der Waals surface area contributed by atoms with Crippen molar-refractivity contribution in [1.82, 2.24) is 0 Å². The van der Waals surface area contributed by atoms with E-state index in [2.05, 4.69) is 15.9 Å². The Morgan fingerprint density at radius 1 is 1.56 bits per heavy atom. The van der Waals surface area contributed by atoms with Crippen LogP contribution in [0.2, 0.25) is 0 Å². The van der Waals surface area contributed by atoms with Crippen LogP contribution in [0.15, 0.2) is 33.6 Å². The van der Waals surface area contributed by atoms with E-state index in [1.165, 1.54) is 0 Å². The van der Waals surface area contributed by atoms with Crippen molar-refractivity contribution in [3.05, 3.63) is 28.7 Å². The number of esters is 1. The Morgan fingerprint density at radius 2 is 2.31 bits per heavy atom. The summed E-state index contributed by atoms with van der Waals surface area (Å²) in [6, 6.07) is 8.06. The second kappa shape index (κ2) is 6.97. The first kappa shape index (κ1) is 13.6. The predicted molar refractivity (Wildman–Crippen MR) is 70.7 cm³/mol. The number of halogens is 1. The Labute approximate surface area is 109 Å².